The van der Waals surface area contributed by atoms with Crippen molar-refractivity contribution in [2.24, 2.45) is 14.1 Å². The van der Waals surface area contributed by atoms with Crippen LogP contribution in [0.4, 0.5) is 0 Å². The van der Waals surface area contributed by atoms with Gasteiger partial charge in [0, 0.05) is 59.4 Å². The van der Waals surface area contributed by atoms with Crippen LogP contribution in [0, 0.1) is 0 Å². The third-order valence-corrected chi connectivity index (χ3v) is 4.28. The highest BCUT2D eigenvalue weighted by atomic mass is 16.1. The second-order valence-electron chi connectivity index (χ2n) is 5.67. The Hall–Kier alpha value is -2.81. The molecular formula is C19H16N2O. The van der Waals surface area contributed by atoms with Crippen LogP contribution >= 0.6 is 0 Å². The molecule has 0 amide bonds. The minimum atomic E-state index is 0.0774. The minimum absolute atomic E-state index is 0.0774. The molecule has 22 heavy (non-hydrogen) atoms. The van der Waals surface area contributed by atoms with Gasteiger partial charge in [0.1, 0.15) is 0 Å². The van der Waals surface area contributed by atoms with Gasteiger partial charge in [-0.1, -0.05) is 36.4 Å². The number of fused-ring (bicyclic) bond motifs is 2. The van der Waals surface area contributed by atoms with Crippen molar-refractivity contribution in [1.29, 1.82) is 0 Å². The number of hydrogen-bond donors (Lipinski definition) is 0. The molecule has 0 saturated heterocycles. The van der Waals surface area contributed by atoms with Crippen molar-refractivity contribution in [3.05, 3.63) is 72.1 Å². The number of carbonyl (C=O) groups excluding carboxylic acids is 1. The molecule has 0 aliphatic carbocycles. The first-order valence-electron chi connectivity index (χ1n) is 7.29. The maximum Gasteiger partial charge on any atom is 0.197 e. The van der Waals surface area contributed by atoms with E-state index in [0.29, 0.717) is 0 Å². The van der Waals surface area contributed by atoms with Crippen LogP contribution in [-0.4, -0.2) is 14.9 Å². The number of aryl methyl sites for hydroxylation is 2. The molecule has 0 aliphatic heterocycles. The number of aromatic nitrogens is 2. The van der Waals surface area contributed by atoms with Crippen LogP contribution in [0.15, 0.2) is 60.9 Å². The molecule has 108 valence electrons. The summed E-state index contributed by atoms with van der Waals surface area (Å²) in [6.45, 7) is 0. The first-order valence-corrected chi connectivity index (χ1v) is 7.29. The Kier molecular flexibility index (Phi) is 2.70. The zero-order valence-electron chi connectivity index (χ0n) is 12.6. The van der Waals surface area contributed by atoms with E-state index < -0.39 is 0 Å². The standard InChI is InChI=1S/C19H16N2O/c1-20-11-15(13-7-3-5-9-17(13)20)19(22)16-12-21(2)18-10-6-4-8-14(16)18/h3-12H,1-2H3. The van der Waals surface area contributed by atoms with Crippen LogP contribution in [0.1, 0.15) is 15.9 Å². The molecule has 0 N–H and O–H groups in total. The number of hydrogen-bond acceptors (Lipinski definition) is 1. The average molecular weight is 288 g/mol. The fraction of sp³-hybridized carbons (Fsp3) is 0.105. The van der Waals surface area contributed by atoms with Gasteiger partial charge in [-0.2, -0.15) is 0 Å². The summed E-state index contributed by atoms with van der Waals surface area (Å²) in [6.07, 6.45) is 3.85. The summed E-state index contributed by atoms with van der Waals surface area (Å²) >= 11 is 0. The first kappa shape index (κ1) is 12.9. The smallest absolute Gasteiger partial charge is 0.197 e. The first-order chi connectivity index (χ1) is 10.7. The van der Waals surface area contributed by atoms with Crippen LogP contribution < -0.4 is 0 Å². The van der Waals surface area contributed by atoms with Crippen LogP contribution in [0.25, 0.3) is 21.8 Å². The van der Waals surface area contributed by atoms with Gasteiger partial charge in [0.2, 0.25) is 0 Å². The Bertz CT molecular complexity index is 938. The maximum absolute atomic E-state index is 13.1. The maximum atomic E-state index is 13.1. The molecule has 0 spiro atoms. The highest BCUT2D eigenvalue weighted by molar-refractivity contribution is 6.21. The fourth-order valence-electron chi connectivity index (χ4n) is 3.19. The molecule has 2 aromatic heterocycles. The number of rotatable bonds is 2. The van der Waals surface area contributed by atoms with E-state index in [1.807, 2.05) is 84.2 Å². The van der Waals surface area contributed by atoms with Gasteiger partial charge >= 0.3 is 0 Å². The molecule has 2 aromatic carbocycles. The number of carbonyl (C=O) groups is 1. The number of benzene rings is 2. The summed E-state index contributed by atoms with van der Waals surface area (Å²) in [5.41, 5.74) is 3.67. The Morgan fingerprint density at radius 3 is 1.59 bits per heavy atom. The largest absolute Gasteiger partial charge is 0.350 e. The quantitative estimate of drug-likeness (QED) is 0.514. The predicted octanol–water partition coefficient (Wildman–Crippen LogP) is 3.90. The van der Waals surface area contributed by atoms with Crippen LogP contribution in [0.3, 0.4) is 0 Å². The summed E-state index contributed by atoms with van der Waals surface area (Å²) in [5.74, 6) is 0.0774. The highest BCUT2D eigenvalue weighted by Gasteiger charge is 2.19. The molecule has 4 aromatic rings. The van der Waals surface area contributed by atoms with E-state index in [1.165, 1.54) is 0 Å². The lowest BCUT2D eigenvalue weighted by Gasteiger charge is -1.98. The fourth-order valence-corrected chi connectivity index (χ4v) is 3.19. The van der Waals surface area contributed by atoms with E-state index >= 15 is 0 Å². The molecular weight excluding hydrogens is 272 g/mol. The van der Waals surface area contributed by atoms with Crippen LogP contribution in [0.5, 0.6) is 0 Å². The molecule has 0 radical (unpaired) electrons. The van der Waals surface area contributed by atoms with E-state index in [1.54, 1.807) is 0 Å². The Labute approximate surface area is 128 Å². The molecule has 0 aliphatic rings. The summed E-state index contributed by atoms with van der Waals surface area (Å²) in [7, 11) is 3.95. The molecule has 3 heteroatoms. The molecule has 0 saturated carbocycles. The van der Waals surface area contributed by atoms with Crippen LogP contribution in [0.2, 0.25) is 0 Å². The summed E-state index contributed by atoms with van der Waals surface area (Å²) in [6, 6.07) is 16.0. The third-order valence-electron chi connectivity index (χ3n) is 4.28. The van der Waals surface area contributed by atoms with Crippen molar-refractivity contribution in [3.8, 4) is 0 Å². The molecule has 0 fully saturated rings. The molecule has 2 heterocycles. The Morgan fingerprint density at radius 2 is 1.14 bits per heavy atom. The van der Waals surface area contributed by atoms with Crippen molar-refractivity contribution in [2.45, 2.75) is 0 Å². The van der Waals surface area contributed by atoms with Crippen LogP contribution in [-0.2, 0) is 14.1 Å². The molecule has 0 atom stereocenters. The second-order valence-corrected chi connectivity index (χ2v) is 5.67. The van der Waals surface area contributed by atoms with Gasteiger partial charge in [0.15, 0.2) is 5.78 Å². The van der Waals surface area contributed by atoms with E-state index in [-0.39, 0.29) is 5.78 Å². The van der Waals surface area contributed by atoms with Crippen molar-refractivity contribution < 1.29 is 4.79 Å². The Balaban J connectivity index is 1.97. The van der Waals surface area contributed by atoms with Gasteiger partial charge in [-0.25, -0.2) is 0 Å². The van der Waals surface area contributed by atoms with Gasteiger partial charge in [-0.05, 0) is 12.1 Å². The lowest BCUT2D eigenvalue weighted by molar-refractivity contribution is 0.104. The van der Waals surface area contributed by atoms with Gasteiger partial charge < -0.3 is 9.13 Å². The van der Waals surface area contributed by atoms with Crippen molar-refractivity contribution in [2.75, 3.05) is 0 Å². The van der Waals surface area contributed by atoms with Crippen molar-refractivity contribution in [1.82, 2.24) is 9.13 Å². The zero-order valence-corrected chi connectivity index (χ0v) is 12.6. The molecule has 0 bridgehead atoms. The Morgan fingerprint density at radius 1 is 0.727 bits per heavy atom. The van der Waals surface area contributed by atoms with E-state index in [2.05, 4.69) is 0 Å². The SMILES string of the molecule is Cn1cc(C(=O)c2cn(C)c3ccccc23)c2ccccc21. The minimum Gasteiger partial charge on any atom is -0.350 e. The number of nitrogens with zero attached hydrogens (tertiary/aromatic N) is 2. The van der Waals surface area contributed by atoms with E-state index in [0.717, 1.165) is 32.9 Å². The second kappa shape index (κ2) is 4.60. The number of ketones is 1. The highest BCUT2D eigenvalue weighted by Crippen LogP contribution is 2.27. The van der Waals surface area contributed by atoms with Gasteiger partial charge in [0.05, 0.1) is 0 Å². The van der Waals surface area contributed by atoms with Gasteiger partial charge in [-0.3, -0.25) is 4.79 Å². The molecule has 0 unspecified atom stereocenters. The van der Waals surface area contributed by atoms with Crippen molar-refractivity contribution >= 4 is 27.6 Å². The van der Waals surface area contributed by atoms with E-state index in [9.17, 15) is 4.79 Å². The molecule has 4 rings (SSSR count). The van der Waals surface area contributed by atoms with Crippen molar-refractivity contribution in [3.63, 3.8) is 0 Å². The molecule has 3 nitrogen and oxygen atoms in total. The predicted molar refractivity (Wildman–Crippen MR) is 89.3 cm³/mol. The normalized spacial score (nSPS) is 11.4. The van der Waals surface area contributed by atoms with Gasteiger partial charge in [-0.15, -0.1) is 0 Å². The topological polar surface area (TPSA) is 26.9 Å². The summed E-state index contributed by atoms with van der Waals surface area (Å²) < 4.78 is 4.02. The van der Waals surface area contributed by atoms with Gasteiger partial charge in [0.25, 0.3) is 0 Å². The van der Waals surface area contributed by atoms with E-state index in [4.69, 9.17) is 0 Å². The average Bonchev–Trinajstić information content (AvgIpc) is 3.06. The lowest BCUT2D eigenvalue weighted by atomic mass is 10.0. The lowest BCUT2D eigenvalue weighted by Crippen LogP contribution is -1.99. The monoisotopic (exact) mass is 288 g/mol. The summed E-state index contributed by atoms with van der Waals surface area (Å²) in [5, 5.41) is 2.01. The summed E-state index contributed by atoms with van der Waals surface area (Å²) in [4.78, 5) is 13.1. The third kappa shape index (κ3) is 1.72. The number of para-hydroxylation sites is 2. The zero-order chi connectivity index (χ0) is 15.3.